The van der Waals surface area contributed by atoms with Gasteiger partial charge in [-0.05, 0) is 29.4 Å². The summed E-state index contributed by atoms with van der Waals surface area (Å²) < 4.78 is 17.7. The summed E-state index contributed by atoms with van der Waals surface area (Å²) >= 11 is 0. The second-order valence-corrected chi connectivity index (χ2v) is 3.68. The predicted molar refractivity (Wildman–Crippen MR) is 59.4 cm³/mol. The van der Waals surface area contributed by atoms with Gasteiger partial charge in [0.1, 0.15) is 11.5 Å². The molecule has 0 aliphatic heterocycles. The second kappa shape index (κ2) is 3.67. The van der Waals surface area contributed by atoms with Crippen LogP contribution in [-0.4, -0.2) is 15.3 Å². The zero-order valence-electron chi connectivity index (χ0n) is 8.77. The topological polar surface area (TPSA) is 80.7 Å². The Kier molecular flexibility index (Phi) is 2.15. The minimum Gasteiger partial charge on any atom is -0.353 e. The van der Waals surface area contributed by atoms with E-state index in [-0.39, 0.29) is 12.4 Å². The lowest BCUT2D eigenvalue weighted by Crippen LogP contribution is -1.98. The molecule has 17 heavy (non-hydrogen) atoms. The molecule has 0 spiro atoms. The van der Waals surface area contributed by atoms with Gasteiger partial charge in [-0.15, -0.1) is 0 Å². The zero-order valence-corrected chi connectivity index (χ0v) is 8.77. The van der Waals surface area contributed by atoms with Crippen LogP contribution in [0.5, 0.6) is 0 Å². The number of aromatic amines is 1. The van der Waals surface area contributed by atoms with Crippen molar-refractivity contribution in [2.24, 2.45) is 5.73 Å². The number of nitrogens with one attached hydrogen (secondary N) is 1. The van der Waals surface area contributed by atoms with Gasteiger partial charge in [0, 0.05) is 17.4 Å². The number of hydrogen-bond acceptors (Lipinski definition) is 4. The number of nitrogens with zero attached hydrogens (tertiary/aromatic N) is 2. The molecule has 3 N–H and O–H groups in total. The number of H-pyrrole nitrogens is 1. The van der Waals surface area contributed by atoms with Crippen molar-refractivity contribution in [2.75, 3.05) is 0 Å². The summed E-state index contributed by atoms with van der Waals surface area (Å²) in [5.74, 6) is -0.277. The van der Waals surface area contributed by atoms with Gasteiger partial charge in [-0.3, -0.25) is 0 Å². The third kappa shape index (κ3) is 1.58. The van der Waals surface area contributed by atoms with E-state index in [9.17, 15) is 4.39 Å². The van der Waals surface area contributed by atoms with Gasteiger partial charge < -0.3 is 10.7 Å². The fourth-order valence-electron chi connectivity index (χ4n) is 1.78. The van der Waals surface area contributed by atoms with Gasteiger partial charge >= 0.3 is 0 Å². The molecule has 0 radical (unpaired) electrons. The first kappa shape index (κ1) is 9.98. The van der Waals surface area contributed by atoms with Crippen LogP contribution in [0.4, 0.5) is 4.39 Å². The summed E-state index contributed by atoms with van der Waals surface area (Å²) in [6.45, 7) is 0.239. The Bertz CT molecular complexity index is 673. The Morgan fingerprint density at radius 3 is 3.00 bits per heavy atom. The SMILES string of the molecule is NCc1nonc1-c1cc2cc(F)ccc2[nH]1. The van der Waals surface area contributed by atoms with Crippen molar-refractivity contribution >= 4 is 10.9 Å². The van der Waals surface area contributed by atoms with Crippen LogP contribution in [0.25, 0.3) is 22.3 Å². The quantitative estimate of drug-likeness (QED) is 0.706. The maximum absolute atomic E-state index is 13.1. The summed E-state index contributed by atoms with van der Waals surface area (Å²) in [5, 5.41) is 8.25. The van der Waals surface area contributed by atoms with E-state index in [2.05, 4.69) is 19.9 Å². The number of halogens is 1. The van der Waals surface area contributed by atoms with Gasteiger partial charge in [0.15, 0.2) is 5.69 Å². The van der Waals surface area contributed by atoms with Gasteiger partial charge in [-0.1, -0.05) is 5.16 Å². The lowest BCUT2D eigenvalue weighted by atomic mass is 10.2. The molecule has 0 atom stereocenters. The van der Waals surface area contributed by atoms with Crippen LogP contribution in [0.3, 0.4) is 0 Å². The van der Waals surface area contributed by atoms with Crippen molar-refractivity contribution < 1.29 is 9.02 Å². The number of hydrogen-bond donors (Lipinski definition) is 2. The van der Waals surface area contributed by atoms with Crippen molar-refractivity contribution in [2.45, 2.75) is 6.54 Å². The molecule has 2 aromatic heterocycles. The highest BCUT2D eigenvalue weighted by molar-refractivity contribution is 5.85. The molecule has 3 rings (SSSR count). The first-order valence-corrected chi connectivity index (χ1v) is 5.08. The van der Waals surface area contributed by atoms with E-state index in [4.69, 9.17) is 5.73 Å². The number of aromatic nitrogens is 3. The molecule has 3 aromatic rings. The number of nitrogens with two attached hydrogens (primary N) is 1. The van der Waals surface area contributed by atoms with Crippen LogP contribution < -0.4 is 5.73 Å². The lowest BCUT2D eigenvalue weighted by Gasteiger charge is -1.91. The molecule has 0 amide bonds. The Labute approximate surface area is 95.4 Å². The first-order valence-electron chi connectivity index (χ1n) is 5.08. The zero-order chi connectivity index (χ0) is 11.8. The monoisotopic (exact) mass is 232 g/mol. The highest BCUT2D eigenvalue weighted by atomic mass is 19.1. The molecular weight excluding hydrogens is 223 g/mol. The van der Waals surface area contributed by atoms with Crippen LogP contribution in [0.1, 0.15) is 5.69 Å². The van der Waals surface area contributed by atoms with Crippen molar-refractivity contribution in [1.82, 2.24) is 15.3 Å². The standard InChI is InChI=1S/C11H9FN4O/c12-7-1-2-8-6(3-7)4-9(14-8)11-10(5-13)15-17-16-11/h1-4,14H,5,13H2. The van der Waals surface area contributed by atoms with Crippen LogP contribution in [0.15, 0.2) is 28.9 Å². The summed E-state index contributed by atoms with van der Waals surface area (Å²) in [7, 11) is 0. The summed E-state index contributed by atoms with van der Waals surface area (Å²) in [4.78, 5) is 3.12. The Balaban J connectivity index is 2.18. The third-order valence-corrected chi connectivity index (χ3v) is 2.59. The molecule has 0 bridgehead atoms. The Morgan fingerprint density at radius 2 is 2.18 bits per heavy atom. The van der Waals surface area contributed by atoms with Gasteiger partial charge in [0.2, 0.25) is 0 Å². The van der Waals surface area contributed by atoms with Crippen molar-refractivity contribution in [3.05, 3.63) is 35.8 Å². The number of benzene rings is 1. The van der Waals surface area contributed by atoms with Crippen molar-refractivity contribution in [3.8, 4) is 11.4 Å². The number of rotatable bonds is 2. The molecule has 6 heteroatoms. The average molecular weight is 232 g/mol. The smallest absolute Gasteiger partial charge is 0.155 e. The largest absolute Gasteiger partial charge is 0.353 e. The highest BCUT2D eigenvalue weighted by Crippen LogP contribution is 2.25. The molecule has 0 aliphatic rings. The van der Waals surface area contributed by atoms with Gasteiger partial charge in [-0.2, -0.15) is 0 Å². The van der Waals surface area contributed by atoms with Crippen molar-refractivity contribution in [3.63, 3.8) is 0 Å². The van der Waals surface area contributed by atoms with Crippen LogP contribution in [0.2, 0.25) is 0 Å². The van der Waals surface area contributed by atoms with E-state index in [1.807, 2.05) is 0 Å². The second-order valence-electron chi connectivity index (χ2n) is 3.68. The summed E-state index contributed by atoms with van der Waals surface area (Å²) in [6, 6.07) is 6.30. The molecule has 0 saturated carbocycles. The molecule has 86 valence electrons. The Hall–Kier alpha value is -2.21. The minimum absolute atomic E-state index is 0.239. The van der Waals surface area contributed by atoms with Crippen molar-refractivity contribution in [1.29, 1.82) is 0 Å². The molecular formula is C11H9FN4O. The van der Waals surface area contributed by atoms with Crippen LogP contribution in [0, 0.1) is 5.82 Å². The Morgan fingerprint density at radius 1 is 1.29 bits per heavy atom. The molecule has 0 saturated heterocycles. The third-order valence-electron chi connectivity index (χ3n) is 2.59. The fourth-order valence-corrected chi connectivity index (χ4v) is 1.78. The van der Waals surface area contributed by atoms with Gasteiger partial charge in [-0.25, -0.2) is 9.02 Å². The van der Waals surface area contributed by atoms with E-state index < -0.39 is 0 Å². The molecule has 0 fully saturated rings. The van der Waals surface area contributed by atoms with Crippen LogP contribution in [-0.2, 0) is 6.54 Å². The molecule has 0 aliphatic carbocycles. The summed E-state index contributed by atoms with van der Waals surface area (Å²) in [5.41, 5.74) is 8.18. The molecule has 1 aromatic carbocycles. The van der Waals surface area contributed by atoms with Gasteiger partial charge in [0.25, 0.3) is 0 Å². The van der Waals surface area contributed by atoms with E-state index in [1.165, 1.54) is 12.1 Å². The molecule has 5 nitrogen and oxygen atoms in total. The maximum Gasteiger partial charge on any atom is 0.155 e. The van der Waals surface area contributed by atoms with E-state index >= 15 is 0 Å². The first-order chi connectivity index (χ1) is 8.28. The van der Waals surface area contributed by atoms with E-state index in [0.717, 1.165) is 10.9 Å². The number of fused-ring (bicyclic) bond motifs is 1. The summed E-state index contributed by atoms with van der Waals surface area (Å²) in [6.07, 6.45) is 0. The fraction of sp³-hybridized carbons (Fsp3) is 0.0909. The predicted octanol–water partition coefficient (Wildman–Crippen LogP) is 1.82. The normalized spacial score (nSPS) is 11.2. The molecule has 2 heterocycles. The van der Waals surface area contributed by atoms with E-state index in [1.54, 1.807) is 12.1 Å². The maximum atomic E-state index is 13.1. The minimum atomic E-state index is -0.277. The average Bonchev–Trinajstić information content (AvgIpc) is 2.93. The molecule has 0 unspecified atom stereocenters. The van der Waals surface area contributed by atoms with E-state index in [0.29, 0.717) is 17.1 Å². The highest BCUT2D eigenvalue weighted by Gasteiger charge is 2.13. The lowest BCUT2D eigenvalue weighted by molar-refractivity contribution is 0.304. The van der Waals surface area contributed by atoms with Crippen LogP contribution >= 0.6 is 0 Å². The van der Waals surface area contributed by atoms with Gasteiger partial charge in [0.05, 0.1) is 5.69 Å².